The molecule has 0 saturated heterocycles. The molecule has 0 radical (unpaired) electrons. The van der Waals surface area contributed by atoms with Gasteiger partial charge in [0, 0.05) is 34.1 Å². The van der Waals surface area contributed by atoms with Crippen molar-refractivity contribution in [2.45, 2.75) is 53.2 Å². The van der Waals surface area contributed by atoms with Crippen molar-refractivity contribution in [2.75, 3.05) is 0 Å². The number of aromatic nitrogens is 1. The van der Waals surface area contributed by atoms with E-state index in [9.17, 15) is 24.2 Å². The van der Waals surface area contributed by atoms with E-state index in [4.69, 9.17) is 0 Å². The Bertz CT molecular complexity index is 1210. The second kappa shape index (κ2) is 8.65. The molecule has 32 heavy (non-hydrogen) atoms. The first-order valence-corrected chi connectivity index (χ1v) is 10.5. The summed E-state index contributed by atoms with van der Waals surface area (Å²) in [6.45, 7) is 9.67. The zero-order valence-electron chi connectivity index (χ0n) is 19.0. The summed E-state index contributed by atoms with van der Waals surface area (Å²) in [6.07, 6.45) is -1.11. The number of benzene rings is 2. The minimum Gasteiger partial charge on any atom is -0.508 e. The summed E-state index contributed by atoms with van der Waals surface area (Å²) < 4.78 is 15.3. The van der Waals surface area contributed by atoms with Crippen LogP contribution in [0.3, 0.4) is 0 Å². The van der Waals surface area contributed by atoms with Gasteiger partial charge in [-0.15, -0.1) is 0 Å². The van der Waals surface area contributed by atoms with Crippen LogP contribution in [0, 0.1) is 11.7 Å². The summed E-state index contributed by atoms with van der Waals surface area (Å²) >= 11 is 0. The van der Waals surface area contributed by atoms with Gasteiger partial charge in [-0.1, -0.05) is 26.0 Å². The van der Waals surface area contributed by atoms with Crippen LogP contribution in [-0.4, -0.2) is 31.3 Å². The largest absolute Gasteiger partial charge is 0.508 e. The highest BCUT2D eigenvalue weighted by Gasteiger charge is 2.29. The number of phenols is 1. The van der Waals surface area contributed by atoms with Crippen LogP contribution in [0.4, 0.5) is 9.18 Å². The molecule has 0 fully saturated rings. The summed E-state index contributed by atoms with van der Waals surface area (Å²) in [7, 11) is 0. The maximum atomic E-state index is 13.7. The monoisotopic (exact) mass is 440 g/mol. The molecule has 3 aromatic rings. The van der Waals surface area contributed by atoms with Crippen molar-refractivity contribution in [3.05, 3.63) is 64.3 Å². The Morgan fingerprint density at radius 1 is 1.09 bits per heavy atom. The molecular formula is C25H29FN2O4. The fourth-order valence-corrected chi connectivity index (χ4v) is 3.89. The van der Waals surface area contributed by atoms with Gasteiger partial charge >= 0.3 is 6.09 Å². The van der Waals surface area contributed by atoms with Crippen molar-refractivity contribution in [1.82, 2.24) is 9.47 Å². The standard InChI is InChI=1S/C25H29FN2O4/c1-15(2)13-27-21(14-28(24(31)32)25(3,4)5)22(16-6-8-17(26)9-7-16)20-12-18(29)10-11-19(20)23(27)30/h6-12,15,29H,13-14H2,1-5H3,(H,31,32). The molecule has 0 atom stereocenters. The van der Waals surface area contributed by atoms with Crippen LogP contribution in [0.25, 0.3) is 21.9 Å². The number of hydrogen-bond acceptors (Lipinski definition) is 3. The second-order valence-electron chi connectivity index (χ2n) is 9.41. The van der Waals surface area contributed by atoms with Gasteiger partial charge in [0.05, 0.1) is 6.54 Å². The van der Waals surface area contributed by atoms with Gasteiger partial charge in [0.15, 0.2) is 0 Å². The molecule has 7 heteroatoms. The molecule has 0 saturated carbocycles. The van der Waals surface area contributed by atoms with Crippen molar-refractivity contribution >= 4 is 16.9 Å². The molecule has 1 aromatic heterocycles. The van der Waals surface area contributed by atoms with E-state index in [0.717, 1.165) is 0 Å². The number of pyridine rings is 1. The highest BCUT2D eigenvalue weighted by Crippen LogP contribution is 2.34. The summed E-state index contributed by atoms with van der Waals surface area (Å²) in [6, 6.07) is 10.4. The van der Waals surface area contributed by atoms with E-state index in [2.05, 4.69) is 0 Å². The van der Waals surface area contributed by atoms with Crippen molar-refractivity contribution < 1.29 is 19.4 Å². The topological polar surface area (TPSA) is 82.8 Å². The second-order valence-corrected chi connectivity index (χ2v) is 9.41. The molecular weight excluding hydrogens is 411 g/mol. The third-order valence-electron chi connectivity index (χ3n) is 5.39. The van der Waals surface area contributed by atoms with Crippen LogP contribution in [0.2, 0.25) is 0 Å². The van der Waals surface area contributed by atoms with Crippen LogP contribution in [-0.2, 0) is 13.1 Å². The van der Waals surface area contributed by atoms with Crippen molar-refractivity contribution in [3.8, 4) is 16.9 Å². The van der Waals surface area contributed by atoms with Gasteiger partial charge in [-0.25, -0.2) is 9.18 Å². The molecule has 2 aromatic carbocycles. The average Bonchev–Trinajstić information content (AvgIpc) is 2.68. The average molecular weight is 441 g/mol. The van der Waals surface area contributed by atoms with Gasteiger partial charge in [-0.05, 0) is 62.6 Å². The lowest BCUT2D eigenvalue weighted by Crippen LogP contribution is -2.45. The Balaban J connectivity index is 2.47. The number of carboxylic acid groups (broad SMARTS) is 1. The number of fused-ring (bicyclic) bond motifs is 1. The highest BCUT2D eigenvalue weighted by atomic mass is 19.1. The molecule has 0 aliphatic heterocycles. The third-order valence-corrected chi connectivity index (χ3v) is 5.39. The Hall–Kier alpha value is -3.35. The van der Waals surface area contributed by atoms with E-state index in [0.29, 0.717) is 34.1 Å². The minimum absolute atomic E-state index is 0.0151. The van der Waals surface area contributed by atoms with Crippen molar-refractivity contribution in [3.63, 3.8) is 0 Å². The first kappa shape index (κ1) is 23.3. The summed E-state index contributed by atoms with van der Waals surface area (Å²) in [4.78, 5) is 26.9. The molecule has 0 bridgehead atoms. The lowest BCUT2D eigenvalue weighted by molar-refractivity contribution is 0.0937. The maximum absolute atomic E-state index is 13.7. The quantitative estimate of drug-likeness (QED) is 0.553. The summed E-state index contributed by atoms with van der Waals surface area (Å²) in [5.41, 5.74) is 0.762. The predicted molar refractivity (Wildman–Crippen MR) is 123 cm³/mol. The summed E-state index contributed by atoms with van der Waals surface area (Å²) in [5, 5.41) is 21.0. The number of carbonyl (C=O) groups is 1. The zero-order valence-corrected chi connectivity index (χ0v) is 19.0. The van der Waals surface area contributed by atoms with Crippen LogP contribution in [0.1, 0.15) is 40.3 Å². The van der Waals surface area contributed by atoms with Crippen LogP contribution < -0.4 is 5.56 Å². The predicted octanol–water partition coefficient (Wildman–Crippen LogP) is 5.45. The van der Waals surface area contributed by atoms with E-state index >= 15 is 0 Å². The smallest absolute Gasteiger partial charge is 0.408 e. The molecule has 0 spiro atoms. The van der Waals surface area contributed by atoms with E-state index < -0.39 is 17.4 Å². The molecule has 1 heterocycles. The van der Waals surface area contributed by atoms with Crippen LogP contribution >= 0.6 is 0 Å². The number of halogens is 1. The van der Waals surface area contributed by atoms with Gasteiger partial charge in [0.1, 0.15) is 11.6 Å². The Morgan fingerprint density at radius 2 is 1.72 bits per heavy atom. The van der Waals surface area contributed by atoms with E-state index in [1.54, 1.807) is 43.5 Å². The van der Waals surface area contributed by atoms with Gasteiger partial charge in [0.25, 0.3) is 5.56 Å². The summed E-state index contributed by atoms with van der Waals surface area (Å²) in [5.74, 6) is -0.298. The first-order chi connectivity index (χ1) is 14.9. The van der Waals surface area contributed by atoms with E-state index in [1.807, 2.05) is 13.8 Å². The van der Waals surface area contributed by atoms with Gasteiger partial charge in [-0.2, -0.15) is 0 Å². The molecule has 1 amide bonds. The Kier molecular flexibility index (Phi) is 6.30. The van der Waals surface area contributed by atoms with Gasteiger partial charge < -0.3 is 14.8 Å². The number of phenolic OH excluding ortho intramolecular Hbond substituents is 1. The number of rotatable bonds is 5. The van der Waals surface area contributed by atoms with Gasteiger partial charge in [0.2, 0.25) is 0 Å². The normalized spacial score (nSPS) is 11.8. The first-order valence-electron chi connectivity index (χ1n) is 10.5. The van der Waals surface area contributed by atoms with Crippen LogP contribution in [0.5, 0.6) is 5.75 Å². The van der Waals surface area contributed by atoms with Crippen molar-refractivity contribution in [2.24, 2.45) is 5.92 Å². The Morgan fingerprint density at radius 3 is 2.25 bits per heavy atom. The molecule has 170 valence electrons. The fraction of sp³-hybridized carbons (Fsp3) is 0.360. The van der Waals surface area contributed by atoms with Gasteiger partial charge in [-0.3, -0.25) is 9.69 Å². The molecule has 2 N–H and O–H groups in total. The third kappa shape index (κ3) is 4.61. The van der Waals surface area contributed by atoms with Crippen molar-refractivity contribution in [1.29, 1.82) is 0 Å². The molecule has 0 aliphatic carbocycles. The molecule has 0 unspecified atom stereocenters. The zero-order chi connectivity index (χ0) is 23.8. The fourth-order valence-electron chi connectivity index (χ4n) is 3.89. The number of aromatic hydroxyl groups is 1. The molecule has 6 nitrogen and oxygen atoms in total. The van der Waals surface area contributed by atoms with E-state index in [-0.39, 0.29) is 23.8 Å². The number of amides is 1. The highest BCUT2D eigenvalue weighted by molar-refractivity contribution is 5.98. The SMILES string of the molecule is CC(C)Cn1c(CN(C(=O)O)C(C)(C)C)c(-c2ccc(F)cc2)c2cc(O)ccc2c1=O. The minimum atomic E-state index is -1.11. The maximum Gasteiger partial charge on any atom is 0.408 e. The number of hydrogen-bond donors (Lipinski definition) is 2. The van der Waals surface area contributed by atoms with Crippen LogP contribution in [0.15, 0.2) is 47.3 Å². The molecule has 3 rings (SSSR count). The lowest BCUT2D eigenvalue weighted by atomic mass is 9.95. The Labute approximate surface area is 186 Å². The lowest BCUT2D eigenvalue weighted by Gasteiger charge is -2.35. The van der Waals surface area contributed by atoms with E-state index in [1.165, 1.54) is 29.2 Å². The molecule has 0 aliphatic rings. The number of nitrogens with zero attached hydrogens (tertiary/aromatic N) is 2.